The van der Waals surface area contributed by atoms with Crippen LogP contribution in [0.2, 0.25) is 0 Å². The number of carbonyl (C=O) groups is 1. The van der Waals surface area contributed by atoms with Gasteiger partial charge >= 0.3 is 0 Å². The molecular weight excluding hydrogens is 338 g/mol. The number of benzene rings is 2. The Balaban J connectivity index is 1.48. The van der Waals surface area contributed by atoms with Gasteiger partial charge in [0.05, 0.1) is 0 Å². The molecule has 2 aromatic carbocycles. The molecule has 5 nitrogen and oxygen atoms in total. The zero-order chi connectivity index (χ0) is 18.8. The second kappa shape index (κ2) is 7.37. The number of pyridine rings is 1. The molecule has 1 aromatic heterocycles. The molecule has 0 spiro atoms. The fraction of sp³-hybridized carbons (Fsp3) is 0.273. The summed E-state index contributed by atoms with van der Waals surface area (Å²) in [5.74, 6) is 0.653. The van der Waals surface area contributed by atoms with Crippen LogP contribution in [-0.2, 0) is 0 Å². The van der Waals surface area contributed by atoms with Crippen molar-refractivity contribution >= 4 is 16.8 Å². The highest BCUT2D eigenvalue weighted by Crippen LogP contribution is 2.30. The predicted molar refractivity (Wildman–Crippen MR) is 107 cm³/mol. The van der Waals surface area contributed by atoms with E-state index in [-0.39, 0.29) is 11.7 Å². The van der Waals surface area contributed by atoms with Crippen LogP contribution in [0.1, 0.15) is 16.8 Å². The molecule has 0 radical (unpaired) electrons. The fourth-order valence-electron chi connectivity index (χ4n) is 3.69. The number of hydrogen-bond acceptors (Lipinski definition) is 4. The van der Waals surface area contributed by atoms with Gasteiger partial charge in [0.15, 0.2) is 0 Å². The minimum atomic E-state index is -0.0401. The van der Waals surface area contributed by atoms with E-state index in [0.29, 0.717) is 17.0 Å². The van der Waals surface area contributed by atoms with Gasteiger partial charge in [-0.25, -0.2) is 0 Å². The number of nitrogens with zero attached hydrogens (tertiary/aromatic N) is 2. The maximum absolute atomic E-state index is 12.4. The van der Waals surface area contributed by atoms with Crippen LogP contribution in [-0.4, -0.2) is 47.6 Å². The summed E-state index contributed by atoms with van der Waals surface area (Å²) in [6, 6.07) is 15.0. The van der Waals surface area contributed by atoms with Gasteiger partial charge in [-0.05, 0) is 67.4 Å². The number of phenolic OH excluding ortho intramolecular Hbond substituents is 1. The van der Waals surface area contributed by atoms with E-state index >= 15 is 0 Å². The molecule has 0 aliphatic carbocycles. The summed E-state index contributed by atoms with van der Waals surface area (Å²) in [5.41, 5.74) is 3.09. The van der Waals surface area contributed by atoms with E-state index in [1.54, 1.807) is 12.3 Å². The van der Waals surface area contributed by atoms with Crippen LogP contribution < -0.4 is 5.32 Å². The van der Waals surface area contributed by atoms with Gasteiger partial charge in [-0.1, -0.05) is 18.2 Å². The summed E-state index contributed by atoms with van der Waals surface area (Å²) in [6.07, 6.45) is 2.80. The molecule has 138 valence electrons. The van der Waals surface area contributed by atoms with Crippen LogP contribution in [0.15, 0.2) is 54.7 Å². The van der Waals surface area contributed by atoms with Crippen LogP contribution in [0.4, 0.5) is 0 Å². The lowest BCUT2D eigenvalue weighted by molar-refractivity contribution is 0.0947. The third kappa shape index (κ3) is 3.78. The van der Waals surface area contributed by atoms with E-state index in [4.69, 9.17) is 0 Å². The topological polar surface area (TPSA) is 65.5 Å². The van der Waals surface area contributed by atoms with Gasteiger partial charge < -0.3 is 15.3 Å². The number of likely N-dealkylation sites (tertiary alicyclic amines) is 1. The van der Waals surface area contributed by atoms with Gasteiger partial charge in [0.2, 0.25) is 0 Å². The molecule has 1 aliphatic heterocycles. The summed E-state index contributed by atoms with van der Waals surface area (Å²) >= 11 is 0. The number of aromatic hydroxyl groups is 1. The molecule has 2 heterocycles. The van der Waals surface area contributed by atoms with Crippen molar-refractivity contribution in [1.82, 2.24) is 15.2 Å². The van der Waals surface area contributed by atoms with Crippen LogP contribution >= 0.6 is 0 Å². The number of fused-ring (bicyclic) bond motifs is 1. The van der Waals surface area contributed by atoms with E-state index < -0.39 is 0 Å². The van der Waals surface area contributed by atoms with Crippen molar-refractivity contribution in [2.75, 3.05) is 26.7 Å². The van der Waals surface area contributed by atoms with Crippen molar-refractivity contribution in [1.29, 1.82) is 0 Å². The Morgan fingerprint density at radius 3 is 2.78 bits per heavy atom. The van der Waals surface area contributed by atoms with Crippen LogP contribution in [0.3, 0.4) is 0 Å². The Hall–Kier alpha value is -2.92. The molecular formula is C22H23N3O2. The Morgan fingerprint density at radius 2 is 2.04 bits per heavy atom. The smallest absolute Gasteiger partial charge is 0.251 e. The average molecular weight is 361 g/mol. The summed E-state index contributed by atoms with van der Waals surface area (Å²) < 4.78 is 0. The summed E-state index contributed by atoms with van der Waals surface area (Å²) in [4.78, 5) is 18.9. The van der Waals surface area contributed by atoms with E-state index in [1.807, 2.05) is 42.5 Å². The Kier molecular flexibility index (Phi) is 4.77. The molecule has 2 N–H and O–H groups in total. The van der Waals surface area contributed by atoms with Crippen LogP contribution in [0.5, 0.6) is 5.75 Å². The number of aromatic nitrogens is 1. The number of nitrogens with one attached hydrogen (secondary N) is 1. The molecule has 1 saturated heterocycles. The lowest BCUT2D eigenvalue weighted by Crippen LogP contribution is -2.30. The zero-order valence-electron chi connectivity index (χ0n) is 15.4. The van der Waals surface area contributed by atoms with E-state index in [0.717, 1.165) is 42.6 Å². The first-order valence-corrected chi connectivity index (χ1v) is 9.25. The van der Waals surface area contributed by atoms with Crippen molar-refractivity contribution in [3.63, 3.8) is 0 Å². The normalized spacial score (nSPS) is 17.3. The monoisotopic (exact) mass is 361 g/mol. The number of rotatable bonds is 4. The largest absolute Gasteiger partial charge is 0.506 e. The van der Waals surface area contributed by atoms with E-state index in [1.165, 1.54) is 0 Å². The molecule has 27 heavy (non-hydrogen) atoms. The van der Waals surface area contributed by atoms with Gasteiger partial charge in [-0.15, -0.1) is 0 Å². The van der Waals surface area contributed by atoms with Crippen LogP contribution in [0, 0.1) is 5.92 Å². The third-order valence-corrected chi connectivity index (χ3v) is 5.21. The third-order valence-electron chi connectivity index (χ3n) is 5.21. The molecule has 1 amide bonds. The SMILES string of the molecule is CN1CCC(CNC(=O)c2ccc(-c3cc(O)c4ncccc4c3)cc2)C1. The number of hydrogen-bond donors (Lipinski definition) is 2. The van der Waals surface area contributed by atoms with Crippen molar-refractivity contribution in [2.45, 2.75) is 6.42 Å². The number of phenols is 1. The molecule has 5 heteroatoms. The lowest BCUT2D eigenvalue weighted by Gasteiger charge is -2.12. The van der Waals surface area contributed by atoms with Crippen LogP contribution in [0.25, 0.3) is 22.0 Å². The molecule has 1 unspecified atom stereocenters. The molecule has 3 aromatic rings. The first-order valence-electron chi connectivity index (χ1n) is 9.25. The molecule has 4 rings (SSSR count). The standard InChI is InChI=1S/C22H23N3O2/c1-25-10-8-15(14-25)13-24-22(27)17-6-4-16(5-7-17)19-11-18-3-2-9-23-21(18)20(26)12-19/h2-7,9,11-12,15,26H,8,10,13-14H2,1H3,(H,24,27). The predicted octanol–water partition coefficient (Wildman–Crippen LogP) is 3.29. The highest BCUT2D eigenvalue weighted by atomic mass is 16.3. The highest BCUT2D eigenvalue weighted by Gasteiger charge is 2.20. The van der Waals surface area contributed by atoms with Crippen molar-refractivity contribution in [3.8, 4) is 16.9 Å². The van der Waals surface area contributed by atoms with Gasteiger partial charge in [0.25, 0.3) is 5.91 Å². The van der Waals surface area contributed by atoms with Crippen molar-refractivity contribution < 1.29 is 9.90 Å². The molecule has 1 fully saturated rings. The lowest BCUT2D eigenvalue weighted by atomic mass is 10.0. The van der Waals surface area contributed by atoms with Gasteiger partial charge in [-0.3, -0.25) is 9.78 Å². The first-order chi connectivity index (χ1) is 13.1. The Morgan fingerprint density at radius 1 is 1.22 bits per heavy atom. The zero-order valence-corrected chi connectivity index (χ0v) is 15.4. The van der Waals surface area contributed by atoms with E-state index in [9.17, 15) is 9.90 Å². The average Bonchev–Trinajstić information content (AvgIpc) is 3.11. The summed E-state index contributed by atoms with van der Waals surface area (Å²) in [6.45, 7) is 2.86. The van der Waals surface area contributed by atoms with Gasteiger partial charge in [-0.2, -0.15) is 0 Å². The second-order valence-electron chi connectivity index (χ2n) is 7.27. The summed E-state index contributed by atoms with van der Waals surface area (Å²) in [7, 11) is 2.11. The Labute approximate surface area is 158 Å². The highest BCUT2D eigenvalue weighted by molar-refractivity contribution is 5.95. The minimum absolute atomic E-state index is 0.0401. The molecule has 1 aliphatic rings. The summed E-state index contributed by atoms with van der Waals surface area (Å²) in [5, 5.41) is 14.1. The number of carbonyl (C=O) groups excluding carboxylic acids is 1. The maximum Gasteiger partial charge on any atom is 0.251 e. The first kappa shape index (κ1) is 17.5. The minimum Gasteiger partial charge on any atom is -0.506 e. The molecule has 0 bridgehead atoms. The Bertz CT molecular complexity index is 969. The van der Waals surface area contributed by atoms with Crippen molar-refractivity contribution in [2.24, 2.45) is 5.92 Å². The second-order valence-corrected chi connectivity index (χ2v) is 7.27. The van der Waals surface area contributed by atoms with E-state index in [2.05, 4.69) is 22.2 Å². The molecule has 0 saturated carbocycles. The van der Waals surface area contributed by atoms with Gasteiger partial charge in [0.1, 0.15) is 11.3 Å². The molecule has 1 atom stereocenters. The number of amides is 1. The fourth-order valence-corrected chi connectivity index (χ4v) is 3.69. The quantitative estimate of drug-likeness (QED) is 0.748. The van der Waals surface area contributed by atoms with Crippen molar-refractivity contribution in [3.05, 3.63) is 60.3 Å². The van der Waals surface area contributed by atoms with Gasteiger partial charge in [0, 0.05) is 30.2 Å². The maximum atomic E-state index is 12.4.